The van der Waals surface area contributed by atoms with Crippen molar-refractivity contribution in [3.05, 3.63) is 77.2 Å². The number of rotatable bonds is 4. The predicted octanol–water partition coefficient (Wildman–Crippen LogP) is 3.08. The van der Waals surface area contributed by atoms with Crippen LogP contribution in [0.3, 0.4) is 0 Å². The van der Waals surface area contributed by atoms with Gasteiger partial charge in [-0.2, -0.15) is 0 Å². The Balaban J connectivity index is 1.73. The van der Waals surface area contributed by atoms with E-state index in [4.69, 9.17) is 5.73 Å². The minimum atomic E-state index is -0.686. The molecule has 1 unspecified atom stereocenters. The number of fused-ring (bicyclic) bond motifs is 1. The van der Waals surface area contributed by atoms with Gasteiger partial charge in [0.15, 0.2) is 5.78 Å². The van der Waals surface area contributed by atoms with Crippen molar-refractivity contribution >= 4 is 17.5 Å². The smallest absolute Gasteiger partial charge is 0.248 e. The van der Waals surface area contributed by atoms with Crippen LogP contribution in [0.4, 0.5) is 10.2 Å². The molecule has 140 valence electrons. The average Bonchev–Trinajstić information content (AvgIpc) is 3.12. The minimum Gasteiger partial charge on any atom is -0.508 e. The number of carbonyl (C=O) groups excluding carboxylic acids is 2. The molecule has 1 aromatic heterocycles. The molecule has 0 aliphatic carbocycles. The number of halogens is 1. The molecule has 2 aromatic carbocycles. The van der Waals surface area contributed by atoms with E-state index in [9.17, 15) is 19.1 Å². The summed E-state index contributed by atoms with van der Waals surface area (Å²) in [6, 6.07) is 12.0. The second-order valence-electron chi connectivity index (χ2n) is 6.57. The standard InChI is InChI=1S/C21H16FN3O3/c22-18-5-4-14(26)8-16(18)19(27)17-10-25-21-15(17)7-13(9-24-21)11-2-1-3-12(6-11)20(23)28/h1-9,17,26H,10H2,(H2,23,28)(H,24,25). The molecule has 28 heavy (non-hydrogen) atoms. The van der Waals surface area contributed by atoms with Gasteiger partial charge in [-0.25, -0.2) is 9.37 Å². The molecular formula is C21H16FN3O3. The fourth-order valence-electron chi connectivity index (χ4n) is 3.34. The minimum absolute atomic E-state index is 0.166. The molecule has 4 rings (SSSR count). The highest BCUT2D eigenvalue weighted by Crippen LogP contribution is 2.36. The number of aromatic nitrogens is 1. The summed E-state index contributed by atoms with van der Waals surface area (Å²) in [5.74, 6) is -1.93. The van der Waals surface area contributed by atoms with Crippen molar-refractivity contribution < 1.29 is 19.1 Å². The van der Waals surface area contributed by atoms with Crippen molar-refractivity contribution in [3.8, 4) is 16.9 Å². The highest BCUT2D eigenvalue weighted by Gasteiger charge is 2.32. The van der Waals surface area contributed by atoms with Gasteiger partial charge in [-0.15, -0.1) is 0 Å². The van der Waals surface area contributed by atoms with Crippen LogP contribution in [0.5, 0.6) is 5.75 Å². The number of nitrogens with zero attached hydrogens (tertiary/aromatic N) is 1. The summed E-state index contributed by atoms with van der Waals surface area (Å²) < 4.78 is 14.1. The average molecular weight is 377 g/mol. The van der Waals surface area contributed by atoms with E-state index in [0.717, 1.165) is 17.7 Å². The number of anilines is 1. The van der Waals surface area contributed by atoms with Crippen LogP contribution in [0.25, 0.3) is 11.1 Å². The predicted molar refractivity (Wildman–Crippen MR) is 102 cm³/mol. The molecule has 0 spiro atoms. The molecule has 7 heteroatoms. The van der Waals surface area contributed by atoms with Gasteiger partial charge in [-0.1, -0.05) is 12.1 Å². The zero-order chi connectivity index (χ0) is 19.8. The Bertz CT molecular complexity index is 1110. The number of pyridine rings is 1. The highest BCUT2D eigenvalue weighted by molar-refractivity contribution is 6.03. The summed E-state index contributed by atoms with van der Waals surface area (Å²) in [7, 11) is 0. The van der Waals surface area contributed by atoms with Gasteiger partial charge in [0.05, 0.1) is 11.5 Å². The maximum atomic E-state index is 14.1. The first-order valence-electron chi connectivity index (χ1n) is 8.61. The molecule has 1 amide bonds. The molecule has 0 fully saturated rings. The second kappa shape index (κ2) is 6.77. The Hall–Kier alpha value is -3.74. The van der Waals surface area contributed by atoms with Gasteiger partial charge in [0, 0.05) is 29.4 Å². The van der Waals surface area contributed by atoms with Gasteiger partial charge in [0.1, 0.15) is 17.4 Å². The third-order valence-corrected chi connectivity index (χ3v) is 4.78. The number of carbonyl (C=O) groups is 2. The van der Waals surface area contributed by atoms with Crippen LogP contribution in [0.1, 0.15) is 32.2 Å². The summed E-state index contributed by atoms with van der Waals surface area (Å²) >= 11 is 0. The van der Waals surface area contributed by atoms with Crippen LogP contribution < -0.4 is 11.1 Å². The van der Waals surface area contributed by atoms with Crippen molar-refractivity contribution in [1.82, 2.24) is 4.98 Å². The molecule has 6 nitrogen and oxygen atoms in total. The van der Waals surface area contributed by atoms with Crippen LogP contribution >= 0.6 is 0 Å². The van der Waals surface area contributed by atoms with E-state index >= 15 is 0 Å². The third-order valence-electron chi connectivity index (χ3n) is 4.78. The van der Waals surface area contributed by atoms with Crippen LogP contribution in [0, 0.1) is 5.82 Å². The Morgan fingerprint density at radius 1 is 1.14 bits per heavy atom. The number of nitrogens with one attached hydrogen (secondary N) is 1. The molecular weight excluding hydrogens is 361 g/mol. The second-order valence-corrected chi connectivity index (χ2v) is 6.57. The van der Waals surface area contributed by atoms with Gasteiger partial charge < -0.3 is 16.2 Å². The van der Waals surface area contributed by atoms with E-state index in [1.807, 2.05) is 6.07 Å². The van der Waals surface area contributed by atoms with E-state index in [-0.39, 0.29) is 17.9 Å². The van der Waals surface area contributed by atoms with Crippen LogP contribution in [-0.4, -0.2) is 28.3 Å². The first-order valence-corrected chi connectivity index (χ1v) is 8.61. The van der Waals surface area contributed by atoms with Gasteiger partial charge in [-0.05, 0) is 42.0 Å². The normalized spacial score (nSPS) is 15.0. The molecule has 4 N–H and O–H groups in total. The molecule has 1 atom stereocenters. The van der Waals surface area contributed by atoms with Crippen molar-refractivity contribution in [1.29, 1.82) is 0 Å². The Morgan fingerprint density at radius 3 is 2.75 bits per heavy atom. The zero-order valence-electron chi connectivity index (χ0n) is 14.6. The quantitative estimate of drug-likeness (QED) is 0.606. The highest BCUT2D eigenvalue weighted by atomic mass is 19.1. The maximum Gasteiger partial charge on any atom is 0.248 e. The van der Waals surface area contributed by atoms with E-state index in [1.54, 1.807) is 30.5 Å². The number of nitrogens with two attached hydrogens (primary N) is 1. The fraction of sp³-hybridized carbons (Fsp3) is 0.0952. The van der Waals surface area contributed by atoms with E-state index in [1.165, 1.54) is 6.07 Å². The van der Waals surface area contributed by atoms with E-state index in [2.05, 4.69) is 10.3 Å². The van der Waals surface area contributed by atoms with Crippen LogP contribution in [0.2, 0.25) is 0 Å². The van der Waals surface area contributed by atoms with E-state index < -0.39 is 23.4 Å². The Morgan fingerprint density at radius 2 is 1.96 bits per heavy atom. The number of amides is 1. The van der Waals surface area contributed by atoms with Crippen molar-refractivity contribution in [2.45, 2.75) is 5.92 Å². The van der Waals surface area contributed by atoms with Gasteiger partial charge in [0.2, 0.25) is 5.91 Å². The van der Waals surface area contributed by atoms with Crippen LogP contribution in [-0.2, 0) is 0 Å². The molecule has 0 saturated heterocycles. The number of hydrogen-bond acceptors (Lipinski definition) is 5. The third kappa shape index (κ3) is 3.07. The summed E-state index contributed by atoms with van der Waals surface area (Å²) in [6.45, 7) is 0.279. The molecule has 0 radical (unpaired) electrons. The summed E-state index contributed by atoms with van der Waals surface area (Å²) in [5, 5.41) is 12.7. The largest absolute Gasteiger partial charge is 0.508 e. The number of phenolic OH excluding ortho intramolecular Hbond substituents is 1. The topological polar surface area (TPSA) is 105 Å². The van der Waals surface area contributed by atoms with Gasteiger partial charge in [-0.3, -0.25) is 9.59 Å². The number of ketones is 1. The fourth-order valence-corrected chi connectivity index (χ4v) is 3.34. The zero-order valence-corrected chi connectivity index (χ0v) is 14.6. The number of primary amides is 1. The van der Waals surface area contributed by atoms with Gasteiger partial charge in [0.25, 0.3) is 0 Å². The number of aromatic hydroxyl groups is 1. The number of Topliss-reactive ketones (excluding diaryl/α,β-unsaturated/α-hetero) is 1. The van der Waals surface area contributed by atoms with Crippen molar-refractivity contribution in [3.63, 3.8) is 0 Å². The Labute approximate surface area is 159 Å². The first-order chi connectivity index (χ1) is 13.4. The molecule has 1 aliphatic heterocycles. The molecule has 3 aromatic rings. The summed E-state index contributed by atoms with van der Waals surface area (Å²) in [6.07, 6.45) is 1.63. The SMILES string of the molecule is NC(=O)c1cccc(-c2cnc3c(c2)C(C(=O)c2cc(O)ccc2F)CN3)c1. The van der Waals surface area contributed by atoms with Crippen LogP contribution in [0.15, 0.2) is 54.7 Å². The first kappa shape index (κ1) is 17.7. The summed E-state index contributed by atoms with van der Waals surface area (Å²) in [5.41, 5.74) is 7.61. The number of hydrogen-bond donors (Lipinski definition) is 3. The van der Waals surface area contributed by atoms with Crippen molar-refractivity contribution in [2.24, 2.45) is 5.73 Å². The molecule has 0 saturated carbocycles. The number of benzene rings is 2. The monoisotopic (exact) mass is 377 g/mol. The van der Waals surface area contributed by atoms with Gasteiger partial charge >= 0.3 is 0 Å². The van der Waals surface area contributed by atoms with Crippen molar-refractivity contribution in [2.75, 3.05) is 11.9 Å². The lowest BCUT2D eigenvalue weighted by atomic mass is 9.91. The molecule has 2 heterocycles. The Kier molecular flexibility index (Phi) is 4.27. The lowest BCUT2D eigenvalue weighted by Gasteiger charge is -2.11. The molecule has 1 aliphatic rings. The maximum absolute atomic E-state index is 14.1. The lowest BCUT2D eigenvalue weighted by molar-refractivity contribution is 0.0960. The molecule has 0 bridgehead atoms. The summed E-state index contributed by atoms with van der Waals surface area (Å²) in [4.78, 5) is 28.7. The lowest BCUT2D eigenvalue weighted by Crippen LogP contribution is -2.16. The van der Waals surface area contributed by atoms with E-state index in [0.29, 0.717) is 22.5 Å². The number of phenols is 1.